The highest BCUT2D eigenvalue weighted by Gasteiger charge is 2.21. The Morgan fingerprint density at radius 3 is 3.00 bits per heavy atom. The quantitative estimate of drug-likeness (QED) is 0.894. The monoisotopic (exact) mass is 248 g/mol. The van der Waals surface area contributed by atoms with Gasteiger partial charge in [-0.25, -0.2) is 4.39 Å². The Morgan fingerprint density at radius 2 is 2.28 bits per heavy atom. The molecule has 0 amide bonds. The van der Waals surface area contributed by atoms with Gasteiger partial charge < -0.3 is 10.1 Å². The lowest BCUT2D eigenvalue weighted by atomic mass is 9.92. The van der Waals surface area contributed by atoms with E-state index in [9.17, 15) is 4.39 Å². The highest BCUT2D eigenvalue weighted by atomic mass is 19.1. The normalized spacial score (nSPS) is 23.4. The van der Waals surface area contributed by atoms with Gasteiger partial charge in [-0.05, 0) is 43.9 Å². The maximum absolute atomic E-state index is 13.2. The summed E-state index contributed by atoms with van der Waals surface area (Å²) in [6.07, 6.45) is 4.56. The van der Waals surface area contributed by atoms with Crippen LogP contribution < -0.4 is 5.32 Å². The molecule has 0 bridgehead atoms. The molecule has 0 saturated heterocycles. The molecule has 0 radical (unpaired) electrons. The zero-order valence-electron chi connectivity index (χ0n) is 10.4. The molecule has 1 aliphatic rings. The number of nitrogens with one attached hydrogen (secondary N) is 1. The molecule has 96 valence electrons. The van der Waals surface area contributed by atoms with Crippen LogP contribution in [0.3, 0.4) is 0 Å². The first-order valence-electron chi connectivity index (χ1n) is 6.22. The molecule has 1 aromatic rings. The summed E-state index contributed by atoms with van der Waals surface area (Å²) in [5, 5.41) is 12.1. The van der Waals surface area contributed by atoms with Crippen molar-refractivity contribution >= 4 is 5.69 Å². The van der Waals surface area contributed by atoms with Gasteiger partial charge in [-0.3, -0.25) is 0 Å². The van der Waals surface area contributed by atoms with Crippen LogP contribution >= 0.6 is 0 Å². The lowest BCUT2D eigenvalue weighted by molar-refractivity contribution is 0.0669. The lowest BCUT2D eigenvalue weighted by Gasteiger charge is -2.29. The van der Waals surface area contributed by atoms with E-state index >= 15 is 0 Å². The summed E-state index contributed by atoms with van der Waals surface area (Å²) in [6.45, 7) is 0. The second-order valence-electron chi connectivity index (χ2n) is 4.67. The smallest absolute Gasteiger partial charge is 0.141 e. The van der Waals surface area contributed by atoms with Gasteiger partial charge in [0.2, 0.25) is 0 Å². The van der Waals surface area contributed by atoms with Crippen molar-refractivity contribution in [1.29, 1.82) is 5.26 Å². The van der Waals surface area contributed by atoms with Crippen molar-refractivity contribution in [3.8, 4) is 6.07 Å². The second-order valence-corrected chi connectivity index (χ2v) is 4.67. The summed E-state index contributed by atoms with van der Waals surface area (Å²) in [7, 11) is 1.73. The Labute approximate surface area is 107 Å². The number of hydrogen-bond donors (Lipinski definition) is 1. The lowest BCUT2D eigenvalue weighted by Crippen LogP contribution is -2.31. The molecule has 0 spiro atoms. The van der Waals surface area contributed by atoms with Gasteiger partial charge >= 0.3 is 0 Å². The molecule has 1 aliphatic carbocycles. The SMILES string of the molecule is COC1CCCC(Nc2ccc(F)c(C#N)c2)C1. The van der Waals surface area contributed by atoms with Crippen LogP contribution in [0.4, 0.5) is 10.1 Å². The van der Waals surface area contributed by atoms with Gasteiger partial charge in [-0.15, -0.1) is 0 Å². The maximum Gasteiger partial charge on any atom is 0.141 e. The van der Waals surface area contributed by atoms with E-state index in [-0.39, 0.29) is 5.56 Å². The molecule has 0 aliphatic heterocycles. The number of rotatable bonds is 3. The summed E-state index contributed by atoms with van der Waals surface area (Å²) in [4.78, 5) is 0. The highest BCUT2D eigenvalue weighted by molar-refractivity contribution is 5.50. The van der Waals surface area contributed by atoms with E-state index in [1.54, 1.807) is 19.2 Å². The van der Waals surface area contributed by atoms with E-state index in [2.05, 4.69) is 5.32 Å². The number of benzene rings is 1. The number of nitrogens with zero attached hydrogens (tertiary/aromatic N) is 1. The molecule has 1 fully saturated rings. The van der Waals surface area contributed by atoms with Crippen LogP contribution in [-0.4, -0.2) is 19.3 Å². The topological polar surface area (TPSA) is 45.0 Å². The van der Waals surface area contributed by atoms with Crippen molar-refractivity contribution in [3.63, 3.8) is 0 Å². The van der Waals surface area contributed by atoms with Crippen LogP contribution in [0.1, 0.15) is 31.2 Å². The van der Waals surface area contributed by atoms with Crippen molar-refractivity contribution in [2.75, 3.05) is 12.4 Å². The molecule has 4 heteroatoms. The van der Waals surface area contributed by atoms with Crippen LogP contribution in [0.2, 0.25) is 0 Å². The molecule has 1 saturated carbocycles. The maximum atomic E-state index is 13.2. The van der Waals surface area contributed by atoms with Crippen molar-refractivity contribution < 1.29 is 9.13 Å². The second kappa shape index (κ2) is 5.83. The fraction of sp³-hybridized carbons (Fsp3) is 0.500. The third-order valence-corrected chi connectivity index (χ3v) is 3.42. The minimum Gasteiger partial charge on any atom is -0.382 e. The fourth-order valence-electron chi connectivity index (χ4n) is 2.43. The summed E-state index contributed by atoms with van der Waals surface area (Å²) in [6, 6.07) is 6.75. The molecule has 1 N–H and O–H groups in total. The highest BCUT2D eigenvalue weighted by Crippen LogP contribution is 2.24. The molecule has 2 rings (SSSR count). The predicted molar refractivity (Wildman–Crippen MR) is 67.8 cm³/mol. The number of ether oxygens (including phenoxy) is 1. The average Bonchev–Trinajstić information content (AvgIpc) is 2.41. The van der Waals surface area contributed by atoms with Gasteiger partial charge in [0.1, 0.15) is 11.9 Å². The third kappa shape index (κ3) is 2.99. The van der Waals surface area contributed by atoms with Crippen LogP contribution in [-0.2, 0) is 4.74 Å². The number of anilines is 1. The van der Waals surface area contributed by atoms with Crippen molar-refractivity contribution in [3.05, 3.63) is 29.6 Å². The number of methoxy groups -OCH3 is 1. The minimum atomic E-state index is -0.471. The van der Waals surface area contributed by atoms with E-state index in [0.717, 1.165) is 31.4 Å². The van der Waals surface area contributed by atoms with Crippen LogP contribution in [0.5, 0.6) is 0 Å². The van der Waals surface area contributed by atoms with Crippen molar-refractivity contribution in [2.24, 2.45) is 0 Å². The van der Waals surface area contributed by atoms with E-state index < -0.39 is 5.82 Å². The molecular weight excluding hydrogens is 231 g/mol. The molecule has 3 nitrogen and oxygen atoms in total. The summed E-state index contributed by atoms with van der Waals surface area (Å²) >= 11 is 0. The van der Waals surface area contributed by atoms with E-state index in [1.165, 1.54) is 6.07 Å². The van der Waals surface area contributed by atoms with Crippen LogP contribution in [0.15, 0.2) is 18.2 Å². The summed E-state index contributed by atoms with van der Waals surface area (Å²) in [5.74, 6) is -0.471. The van der Waals surface area contributed by atoms with E-state index in [1.807, 2.05) is 6.07 Å². The molecular formula is C14H17FN2O. The average molecular weight is 248 g/mol. The summed E-state index contributed by atoms with van der Waals surface area (Å²) < 4.78 is 18.6. The Hall–Kier alpha value is -1.60. The van der Waals surface area contributed by atoms with Gasteiger partial charge in [0, 0.05) is 18.8 Å². The Bertz CT molecular complexity index is 456. The van der Waals surface area contributed by atoms with E-state index in [4.69, 9.17) is 10.00 Å². The summed E-state index contributed by atoms with van der Waals surface area (Å²) in [5.41, 5.74) is 0.883. The molecule has 0 aromatic heterocycles. The molecule has 0 heterocycles. The van der Waals surface area contributed by atoms with Gasteiger partial charge in [0.15, 0.2) is 0 Å². The van der Waals surface area contributed by atoms with Gasteiger partial charge in [0.25, 0.3) is 0 Å². The third-order valence-electron chi connectivity index (χ3n) is 3.42. The number of hydrogen-bond acceptors (Lipinski definition) is 3. The zero-order chi connectivity index (χ0) is 13.0. The standard InChI is InChI=1S/C14H17FN2O/c1-18-13-4-2-3-11(8-13)17-12-5-6-14(15)10(7-12)9-16/h5-7,11,13,17H,2-4,8H2,1H3. The van der Waals surface area contributed by atoms with Crippen molar-refractivity contribution in [2.45, 2.75) is 37.8 Å². The Balaban J connectivity index is 2.03. The van der Waals surface area contributed by atoms with Gasteiger partial charge in [-0.1, -0.05) is 0 Å². The molecule has 2 unspecified atom stereocenters. The first-order valence-corrected chi connectivity index (χ1v) is 6.22. The molecule has 2 atom stereocenters. The van der Waals surface area contributed by atoms with Crippen molar-refractivity contribution in [1.82, 2.24) is 0 Å². The van der Waals surface area contributed by atoms with Crippen LogP contribution in [0.25, 0.3) is 0 Å². The van der Waals surface area contributed by atoms with Gasteiger partial charge in [-0.2, -0.15) is 5.26 Å². The molecule has 18 heavy (non-hydrogen) atoms. The number of halogens is 1. The first kappa shape index (κ1) is 12.8. The van der Waals surface area contributed by atoms with Gasteiger partial charge in [0.05, 0.1) is 11.7 Å². The minimum absolute atomic E-state index is 0.0825. The first-order chi connectivity index (χ1) is 8.72. The predicted octanol–water partition coefficient (Wildman–Crippen LogP) is 3.07. The van der Waals surface area contributed by atoms with Crippen LogP contribution in [0, 0.1) is 17.1 Å². The largest absolute Gasteiger partial charge is 0.382 e. The Kier molecular flexibility index (Phi) is 4.16. The molecule has 1 aromatic carbocycles. The number of nitriles is 1. The van der Waals surface area contributed by atoms with E-state index in [0.29, 0.717) is 12.1 Å². The zero-order valence-corrected chi connectivity index (χ0v) is 10.4. The Morgan fingerprint density at radius 1 is 1.44 bits per heavy atom. The fourth-order valence-corrected chi connectivity index (χ4v) is 2.43.